The molecule has 0 aromatic carbocycles. The van der Waals surface area contributed by atoms with Crippen LogP contribution in [-0.4, -0.2) is 28.7 Å². The summed E-state index contributed by atoms with van der Waals surface area (Å²) in [4.78, 5) is 25.8. The Labute approximate surface area is 110 Å². The van der Waals surface area contributed by atoms with Crippen molar-refractivity contribution in [3.05, 3.63) is 22.7 Å². The van der Waals surface area contributed by atoms with Crippen LogP contribution in [0.4, 0.5) is 0 Å². The Kier molecular flexibility index (Phi) is 2.81. The maximum absolute atomic E-state index is 12.5. The summed E-state index contributed by atoms with van der Waals surface area (Å²) in [7, 11) is 0. The molecule has 1 heterocycles. The highest BCUT2D eigenvalue weighted by Crippen LogP contribution is 2.41. The van der Waals surface area contributed by atoms with Gasteiger partial charge in [-0.05, 0) is 55.3 Å². The van der Waals surface area contributed by atoms with Crippen molar-refractivity contribution in [2.24, 2.45) is 5.41 Å². The zero-order valence-electron chi connectivity index (χ0n) is 10.3. The monoisotopic (exact) mass is 297 g/mol. The lowest BCUT2D eigenvalue weighted by atomic mass is 9.82. The standard InChI is InChI=1S/C13H16BrNO2/c1-12(2,3)15-7-6-13(11(15)17)5-4-10(16)9(14)8-13/h4-5,8H,6-7H2,1-3H3. The van der Waals surface area contributed by atoms with Gasteiger partial charge in [0, 0.05) is 12.1 Å². The van der Waals surface area contributed by atoms with Gasteiger partial charge >= 0.3 is 0 Å². The highest BCUT2D eigenvalue weighted by molar-refractivity contribution is 9.12. The van der Waals surface area contributed by atoms with Gasteiger partial charge in [0.15, 0.2) is 5.78 Å². The summed E-state index contributed by atoms with van der Waals surface area (Å²) >= 11 is 3.23. The summed E-state index contributed by atoms with van der Waals surface area (Å²) in [6.07, 6.45) is 5.73. The number of allylic oxidation sites excluding steroid dienone is 2. The number of halogens is 1. The van der Waals surface area contributed by atoms with Crippen molar-refractivity contribution in [2.45, 2.75) is 32.7 Å². The smallest absolute Gasteiger partial charge is 0.237 e. The molecule has 1 spiro atoms. The first kappa shape index (κ1) is 12.6. The minimum atomic E-state index is -0.611. The molecule has 0 aromatic rings. The quantitative estimate of drug-likeness (QED) is 0.689. The van der Waals surface area contributed by atoms with E-state index in [0.29, 0.717) is 4.48 Å². The summed E-state index contributed by atoms with van der Waals surface area (Å²) in [5, 5.41) is 0. The number of carbonyl (C=O) groups is 2. The van der Waals surface area contributed by atoms with Gasteiger partial charge in [0.05, 0.1) is 9.90 Å². The Bertz CT molecular complexity index is 445. The van der Waals surface area contributed by atoms with Gasteiger partial charge in [-0.3, -0.25) is 9.59 Å². The van der Waals surface area contributed by atoms with Crippen LogP contribution in [-0.2, 0) is 9.59 Å². The van der Waals surface area contributed by atoms with E-state index in [0.717, 1.165) is 13.0 Å². The third kappa shape index (κ3) is 1.99. The van der Waals surface area contributed by atoms with Crippen molar-refractivity contribution < 1.29 is 9.59 Å². The molecule has 17 heavy (non-hydrogen) atoms. The Morgan fingerprint density at radius 1 is 1.35 bits per heavy atom. The lowest BCUT2D eigenvalue weighted by molar-refractivity contribution is -0.136. The first-order chi connectivity index (χ1) is 7.76. The van der Waals surface area contributed by atoms with Gasteiger partial charge in [-0.1, -0.05) is 6.08 Å². The van der Waals surface area contributed by atoms with Gasteiger partial charge < -0.3 is 4.90 Å². The predicted octanol–water partition coefficient (Wildman–Crippen LogP) is 2.42. The van der Waals surface area contributed by atoms with E-state index in [1.807, 2.05) is 25.7 Å². The van der Waals surface area contributed by atoms with Gasteiger partial charge in [0.1, 0.15) is 0 Å². The van der Waals surface area contributed by atoms with Crippen LogP contribution in [0, 0.1) is 5.41 Å². The van der Waals surface area contributed by atoms with Crippen molar-refractivity contribution in [1.29, 1.82) is 0 Å². The first-order valence-corrected chi connectivity index (χ1v) is 6.50. The Morgan fingerprint density at radius 3 is 2.47 bits per heavy atom. The van der Waals surface area contributed by atoms with Gasteiger partial charge in [-0.25, -0.2) is 0 Å². The molecule has 3 nitrogen and oxygen atoms in total. The molecule has 1 saturated heterocycles. The molecule has 1 aliphatic heterocycles. The topological polar surface area (TPSA) is 37.4 Å². The lowest BCUT2D eigenvalue weighted by Crippen LogP contribution is -2.45. The number of likely N-dealkylation sites (tertiary alicyclic amines) is 1. The van der Waals surface area contributed by atoms with Crippen LogP contribution in [0.1, 0.15) is 27.2 Å². The van der Waals surface area contributed by atoms with Gasteiger partial charge in [0.2, 0.25) is 5.91 Å². The van der Waals surface area contributed by atoms with Crippen LogP contribution >= 0.6 is 15.9 Å². The van der Waals surface area contributed by atoms with Crippen molar-refractivity contribution in [2.75, 3.05) is 6.54 Å². The largest absolute Gasteiger partial charge is 0.337 e. The van der Waals surface area contributed by atoms with Crippen LogP contribution in [0.5, 0.6) is 0 Å². The van der Waals surface area contributed by atoms with Crippen molar-refractivity contribution in [1.82, 2.24) is 4.90 Å². The zero-order chi connectivity index (χ0) is 12.8. The van der Waals surface area contributed by atoms with Crippen LogP contribution < -0.4 is 0 Å². The van der Waals surface area contributed by atoms with Crippen molar-refractivity contribution in [3.63, 3.8) is 0 Å². The number of hydrogen-bond donors (Lipinski definition) is 0. The normalized spacial score (nSPS) is 29.2. The lowest BCUT2D eigenvalue weighted by Gasteiger charge is -2.33. The van der Waals surface area contributed by atoms with E-state index in [1.54, 1.807) is 12.2 Å². The molecule has 0 saturated carbocycles. The molecule has 1 atom stereocenters. The summed E-state index contributed by atoms with van der Waals surface area (Å²) in [6.45, 7) is 6.82. The Hall–Kier alpha value is -0.900. The average Bonchev–Trinajstić information content (AvgIpc) is 2.51. The van der Waals surface area contributed by atoms with Crippen LogP contribution in [0.15, 0.2) is 22.7 Å². The second-order valence-corrected chi connectivity index (χ2v) is 6.46. The fourth-order valence-corrected chi connectivity index (χ4v) is 2.88. The maximum Gasteiger partial charge on any atom is 0.237 e. The molecule has 1 aliphatic carbocycles. The van der Waals surface area contributed by atoms with Gasteiger partial charge in [-0.15, -0.1) is 0 Å². The molecule has 0 aromatic heterocycles. The molecule has 1 amide bonds. The number of amides is 1. The fraction of sp³-hybridized carbons (Fsp3) is 0.538. The number of carbonyl (C=O) groups excluding carboxylic acids is 2. The third-order valence-corrected chi connectivity index (χ3v) is 3.97. The molecule has 1 unspecified atom stereocenters. The summed E-state index contributed by atoms with van der Waals surface area (Å²) < 4.78 is 0.490. The molecule has 1 fully saturated rings. The number of nitrogens with zero attached hydrogens (tertiary/aromatic N) is 1. The molecule has 0 radical (unpaired) electrons. The van der Waals surface area contributed by atoms with E-state index in [-0.39, 0.29) is 17.2 Å². The molecular formula is C13H16BrNO2. The highest BCUT2D eigenvalue weighted by atomic mass is 79.9. The molecule has 4 heteroatoms. The minimum absolute atomic E-state index is 0.0716. The Morgan fingerprint density at radius 2 is 2.00 bits per heavy atom. The van der Waals surface area contributed by atoms with Crippen LogP contribution in [0.2, 0.25) is 0 Å². The van der Waals surface area contributed by atoms with E-state index in [1.165, 1.54) is 6.08 Å². The van der Waals surface area contributed by atoms with E-state index < -0.39 is 5.41 Å². The molecule has 0 N–H and O–H groups in total. The van der Waals surface area contributed by atoms with Crippen molar-refractivity contribution in [3.8, 4) is 0 Å². The van der Waals surface area contributed by atoms with E-state index in [2.05, 4.69) is 15.9 Å². The maximum atomic E-state index is 12.5. The van der Waals surface area contributed by atoms with E-state index in [9.17, 15) is 9.59 Å². The minimum Gasteiger partial charge on any atom is -0.337 e. The molecule has 2 rings (SSSR count). The molecule has 92 valence electrons. The third-order valence-electron chi connectivity index (χ3n) is 3.35. The summed E-state index contributed by atoms with van der Waals surface area (Å²) in [5.41, 5.74) is -0.782. The predicted molar refractivity (Wildman–Crippen MR) is 69.7 cm³/mol. The molecule has 2 aliphatic rings. The van der Waals surface area contributed by atoms with Crippen LogP contribution in [0.25, 0.3) is 0 Å². The van der Waals surface area contributed by atoms with Crippen LogP contribution in [0.3, 0.4) is 0 Å². The van der Waals surface area contributed by atoms with Crippen molar-refractivity contribution >= 4 is 27.6 Å². The fourth-order valence-electron chi connectivity index (χ4n) is 2.33. The van der Waals surface area contributed by atoms with Gasteiger partial charge in [-0.2, -0.15) is 0 Å². The SMILES string of the molecule is CC(C)(C)N1CCC2(C=CC(=O)C(Br)=C2)C1=O. The van der Waals surface area contributed by atoms with E-state index >= 15 is 0 Å². The van der Waals surface area contributed by atoms with E-state index in [4.69, 9.17) is 0 Å². The zero-order valence-corrected chi connectivity index (χ0v) is 11.9. The second-order valence-electron chi connectivity index (χ2n) is 5.61. The number of ketones is 1. The average molecular weight is 298 g/mol. The highest BCUT2D eigenvalue weighted by Gasteiger charge is 2.47. The summed E-state index contributed by atoms with van der Waals surface area (Å²) in [6, 6.07) is 0. The second kappa shape index (κ2) is 3.80. The Balaban J connectivity index is 2.35. The van der Waals surface area contributed by atoms with Gasteiger partial charge in [0.25, 0.3) is 0 Å². The first-order valence-electron chi connectivity index (χ1n) is 5.70. The summed E-state index contributed by atoms with van der Waals surface area (Å²) in [5.74, 6) is 0.0170. The number of rotatable bonds is 0. The molecule has 0 bridgehead atoms. The molecular weight excluding hydrogens is 282 g/mol. The number of hydrogen-bond acceptors (Lipinski definition) is 2.